The Morgan fingerprint density at radius 3 is 2.28 bits per heavy atom. The van der Waals surface area contributed by atoms with Gasteiger partial charge in [-0.2, -0.15) is 0 Å². The first-order valence-electron chi connectivity index (χ1n) is 9.68. The van der Waals surface area contributed by atoms with Crippen LogP contribution < -0.4 is 17.0 Å². The molecule has 152 valence electrons. The molecule has 4 N–H and O–H groups in total. The minimum absolute atomic E-state index is 0.104. The first-order chi connectivity index (χ1) is 13.9. The molecular weight excluding hydrogens is 366 g/mol. The van der Waals surface area contributed by atoms with Crippen molar-refractivity contribution in [3.63, 3.8) is 0 Å². The van der Waals surface area contributed by atoms with Gasteiger partial charge in [-0.15, -0.1) is 0 Å². The Balaban J connectivity index is 2.43. The number of benzene rings is 2. The van der Waals surface area contributed by atoms with Crippen molar-refractivity contribution in [1.29, 1.82) is 0 Å². The maximum atomic E-state index is 13.3. The second-order valence-corrected chi connectivity index (χ2v) is 7.49. The summed E-state index contributed by atoms with van der Waals surface area (Å²) in [4.78, 5) is 25.3. The molecule has 0 amide bonds. The first-order valence-corrected chi connectivity index (χ1v) is 9.68. The van der Waals surface area contributed by atoms with Gasteiger partial charge in [-0.1, -0.05) is 38.1 Å². The lowest BCUT2D eigenvalue weighted by molar-refractivity contribution is 0.0601. The lowest BCUT2D eigenvalue weighted by atomic mass is 9.94. The van der Waals surface area contributed by atoms with Gasteiger partial charge in [0.05, 0.1) is 12.7 Å². The molecule has 6 heteroatoms. The van der Waals surface area contributed by atoms with Crippen molar-refractivity contribution in [2.24, 2.45) is 17.4 Å². The summed E-state index contributed by atoms with van der Waals surface area (Å²) in [5, 5.41) is 1.24. The highest BCUT2D eigenvalue weighted by Gasteiger charge is 2.19. The number of hydrogen-bond donors (Lipinski definition) is 2. The highest BCUT2D eigenvalue weighted by Crippen LogP contribution is 2.32. The van der Waals surface area contributed by atoms with E-state index in [4.69, 9.17) is 16.2 Å². The van der Waals surface area contributed by atoms with Gasteiger partial charge in [0.25, 0.3) is 5.56 Å². The van der Waals surface area contributed by atoms with Gasteiger partial charge in [0, 0.05) is 36.3 Å². The van der Waals surface area contributed by atoms with Crippen LogP contribution in [-0.2, 0) is 24.4 Å². The minimum atomic E-state index is -0.447. The van der Waals surface area contributed by atoms with E-state index >= 15 is 0 Å². The van der Waals surface area contributed by atoms with Crippen molar-refractivity contribution in [2.75, 3.05) is 7.11 Å². The quantitative estimate of drug-likeness (QED) is 0.627. The molecule has 1 aromatic heterocycles. The van der Waals surface area contributed by atoms with Gasteiger partial charge in [0.2, 0.25) is 0 Å². The Bertz CT molecular complexity index is 1100. The van der Waals surface area contributed by atoms with Gasteiger partial charge < -0.3 is 20.8 Å². The Hall–Kier alpha value is -2.96. The van der Waals surface area contributed by atoms with Crippen LogP contribution >= 0.6 is 0 Å². The smallest absolute Gasteiger partial charge is 0.337 e. The zero-order chi connectivity index (χ0) is 21.1. The molecule has 29 heavy (non-hydrogen) atoms. The molecule has 2 aromatic carbocycles. The Morgan fingerprint density at radius 1 is 1.03 bits per heavy atom. The van der Waals surface area contributed by atoms with E-state index in [1.807, 2.05) is 24.3 Å². The molecule has 0 aliphatic rings. The van der Waals surface area contributed by atoms with Gasteiger partial charge in [-0.25, -0.2) is 4.79 Å². The lowest BCUT2D eigenvalue weighted by Gasteiger charge is -2.21. The molecule has 3 aromatic rings. The van der Waals surface area contributed by atoms with E-state index in [-0.39, 0.29) is 18.0 Å². The summed E-state index contributed by atoms with van der Waals surface area (Å²) in [5.41, 5.74) is 15.7. The van der Waals surface area contributed by atoms with Crippen LogP contribution in [0.5, 0.6) is 0 Å². The van der Waals surface area contributed by atoms with Crippen LogP contribution in [-0.4, -0.2) is 17.6 Å². The molecular formula is C23H27N3O3. The van der Waals surface area contributed by atoms with Crippen molar-refractivity contribution < 1.29 is 9.53 Å². The number of rotatable bonds is 6. The molecule has 0 saturated carbocycles. The SMILES string of the molecule is COC(=O)c1ccc2c(=O)n(CC(C)C)c(CN)c(-c3ccc(CN)cc3)c2c1. The molecule has 6 nitrogen and oxygen atoms in total. The molecule has 0 bridgehead atoms. The van der Waals surface area contributed by atoms with Crippen molar-refractivity contribution >= 4 is 16.7 Å². The fourth-order valence-electron chi connectivity index (χ4n) is 3.64. The second kappa shape index (κ2) is 8.59. The lowest BCUT2D eigenvalue weighted by Crippen LogP contribution is -2.28. The van der Waals surface area contributed by atoms with Crippen molar-refractivity contribution in [1.82, 2.24) is 4.57 Å². The normalized spacial score (nSPS) is 11.2. The summed E-state index contributed by atoms with van der Waals surface area (Å²) >= 11 is 0. The molecule has 0 spiro atoms. The summed E-state index contributed by atoms with van der Waals surface area (Å²) in [6.07, 6.45) is 0. The van der Waals surface area contributed by atoms with Gasteiger partial charge in [0.15, 0.2) is 0 Å². The summed E-state index contributed by atoms with van der Waals surface area (Å²) in [6.45, 7) is 5.34. The van der Waals surface area contributed by atoms with Crippen LogP contribution in [0.2, 0.25) is 0 Å². The fraction of sp³-hybridized carbons (Fsp3) is 0.304. The van der Waals surface area contributed by atoms with Crippen molar-refractivity contribution in [3.8, 4) is 11.1 Å². The van der Waals surface area contributed by atoms with E-state index in [1.165, 1.54) is 7.11 Å². The molecule has 0 radical (unpaired) electrons. The number of aromatic nitrogens is 1. The monoisotopic (exact) mass is 393 g/mol. The van der Waals surface area contributed by atoms with Gasteiger partial charge in [0.1, 0.15) is 0 Å². The standard InChI is InChI=1S/C23H27N3O3/c1-14(2)13-26-20(12-25)21(16-6-4-15(11-24)5-7-16)19-10-17(23(28)29-3)8-9-18(19)22(26)27/h4-10,14H,11-13,24-25H2,1-3H3. The third-order valence-electron chi connectivity index (χ3n) is 5.02. The number of carbonyl (C=O) groups excluding carboxylic acids is 1. The number of fused-ring (bicyclic) bond motifs is 1. The summed E-state index contributed by atoms with van der Waals surface area (Å²) in [5.74, 6) is -0.172. The van der Waals surface area contributed by atoms with Crippen LogP contribution in [0, 0.1) is 5.92 Å². The molecule has 1 heterocycles. The number of nitrogens with zero attached hydrogens (tertiary/aromatic N) is 1. The highest BCUT2D eigenvalue weighted by molar-refractivity contribution is 6.02. The largest absolute Gasteiger partial charge is 0.465 e. The number of hydrogen-bond acceptors (Lipinski definition) is 5. The zero-order valence-corrected chi connectivity index (χ0v) is 17.1. The third kappa shape index (κ3) is 3.95. The number of carbonyl (C=O) groups is 1. The number of ether oxygens (including phenoxy) is 1. The summed E-state index contributed by atoms with van der Waals surface area (Å²) in [6, 6.07) is 12.9. The van der Waals surface area contributed by atoms with Gasteiger partial charge in [-0.05, 0) is 40.6 Å². The molecule has 0 saturated heterocycles. The Morgan fingerprint density at radius 2 is 1.72 bits per heavy atom. The van der Waals surface area contributed by atoms with E-state index in [0.29, 0.717) is 29.4 Å². The molecule has 0 unspecified atom stereocenters. The second-order valence-electron chi connectivity index (χ2n) is 7.49. The van der Waals surface area contributed by atoms with E-state index in [2.05, 4.69) is 13.8 Å². The van der Waals surface area contributed by atoms with E-state index in [0.717, 1.165) is 22.4 Å². The number of pyridine rings is 1. The average molecular weight is 393 g/mol. The van der Waals surface area contributed by atoms with E-state index in [1.54, 1.807) is 22.8 Å². The van der Waals surface area contributed by atoms with Crippen molar-refractivity contribution in [3.05, 3.63) is 69.6 Å². The summed E-state index contributed by atoms with van der Waals surface area (Å²) < 4.78 is 6.62. The van der Waals surface area contributed by atoms with E-state index < -0.39 is 5.97 Å². The van der Waals surface area contributed by atoms with Crippen LogP contribution in [0.3, 0.4) is 0 Å². The predicted octanol–water partition coefficient (Wildman–Crippen LogP) is 3.03. The molecule has 0 fully saturated rings. The van der Waals surface area contributed by atoms with Gasteiger partial charge in [-0.3, -0.25) is 4.79 Å². The van der Waals surface area contributed by atoms with Crippen LogP contribution in [0.1, 0.15) is 35.5 Å². The number of methoxy groups -OCH3 is 1. The van der Waals surface area contributed by atoms with Gasteiger partial charge >= 0.3 is 5.97 Å². The number of esters is 1. The first kappa shape index (κ1) is 20.8. The molecule has 3 rings (SSSR count). The highest BCUT2D eigenvalue weighted by atomic mass is 16.5. The Kier molecular flexibility index (Phi) is 6.15. The topological polar surface area (TPSA) is 100 Å². The Labute approximate surface area is 170 Å². The minimum Gasteiger partial charge on any atom is -0.465 e. The molecule has 0 aliphatic carbocycles. The maximum Gasteiger partial charge on any atom is 0.337 e. The molecule has 0 atom stereocenters. The molecule has 0 aliphatic heterocycles. The zero-order valence-electron chi connectivity index (χ0n) is 17.1. The third-order valence-corrected chi connectivity index (χ3v) is 5.02. The average Bonchev–Trinajstić information content (AvgIpc) is 2.74. The van der Waals surface area contributed by atoms with Crippen LogP contribution in [0.15, 0.2) is 47.3 Å². The fourth-order valence-corrected chi connectivity index (χ4v) is 3.64. The van der Waals surface area contributed by atoms with E-state index in [9.17, 15) is 9.59 Å². The summed E-state index contributed by atoms with van der Waals surface area (Å²) in [7, 11) is 1.34. The predicted molar refractivity (Wildman–Crippen MR) is 116 cm³/mol. The number of nitrogens with two attached hydrogens (primary N) is 2. The van der Waals surface area contributed by atoms with Crippen LogP contribution in [0.4, 0.5) is 0 Å². The van der Waals surface area contributed by atoms with Crippen LogP contribution in [0.25, 0.3) is 21.9 Å². The maximum absolute atomic E-state index is 13.3. The van der Waals surface area contributed by atoms with Crippen molar-refractivity contribution in [2.45, 2.75) is 33.5 Å².